The third kappa shape index (κ3) is 2.66. The Morgan fingerprint density at radius 3 is 2.62 bits per heavy atom. The Hall–Kier alpha value is -0.120. The minimum Gasteiger partial charge on any atom is -0.380 e. The van der Waals surface area contributed by atoms with Crippen LogP contribution in [0.15, 0.2) is 0 Å². The summed E-state index contributed by atoms with van der Waals surface area (Å²) in [5.41, 5.74) is 0. The second-order valence-electron chi connectivity index (χ2n) is 3.55. The summed E-state index contributed by atoms with van der Waals surface area (Å²) in [5, 5.41) is 3.38. The molecular weight excluding hydrogens is 164 g/mol. The minimum atomic E-state index is 0.564. The van der Waals surface area contributed by atoms with E-state index >= 15 is 0 Å². The van der Waals surface area contributed by atoms with E-state index in [1.807, 2.05) is 7.05 Å². The molecule has 1 aliphatic rings. The molecule has 0 bridgehead atoms. The van der Waals surface area contributed by atoms with Gasteiger partial charge in [0.15, 0.2) is 0 Å². The lowest BCUT2D eigenvalue weighted by Gasteiger charge is -2.38. The van der Waals surface area contributed by atoms with Gasteiger partial charge in [-0.2, -0.15) is 0 Å². The molecule has 0 amide bonds. The SMILES string of the molecule is CCN(CC)C1COCCC1NC. The molecule has 1 aliphatic heterocycles. The first-order chi connectivity index (χ1) is 6.33. The third-order valence-electron chi connectivity index (χ3n) is 2.98. The third-order valence-corrected chi connectivity index (χ3v) is 2.98. The van der Waals surface area contributed by atoms with Gasteiger partial charge >= 0.3 is 0 Å². The molecule has 1 saturated heterocycles. The molecule has 3 heteroatoms. The van der Waals surface area contributed by atoms with E-state index in [0.29, 0.717) is 12.1 Å². The first kappa shape index (κ1) is 11.0. The Morgan fingerprint density at radius 2 is 2.08 bits per heavy atom. The van der Waals surface area contributed by atoms with Crippen LogP contribution in [-0.2, 0) is 4.74 Å². The van der Waals surface area contributed by atoms with Crippen LogP contribution < -0.4 is 5.32 Å². The van der Waals surface area contributed by atoms with Gasteiger partial charge in [-0.25, -0.2) is 0 Å². The zero-order valence-corrected chi connectivity index (χ0v) is 9.05. The van der Waals surface area contributed by atoms with Gasteiger partial charge in [0.2, 0.25) is 0 Å². The number of rotatable bonds is 4. The van der Waals surface area contributed by atoms with Crippen LogP contribution in [0.3, 0.4) is 0 Å². The standard InChI is InChI=1S/C10H22N2O/c1-4-12(5-2)10-8-13-7-6-9(10)11-3/h9-11H,4-8H2,1-3H3. The van der Waals surface area contributed by atoms with E-state index < -0.39 is 0 Å². The maximum atomic E-state index is 5.52. The van der Waals surface area contributed by atoms with Crippen LogP contribution in [0, 0.1) is 0 Å². The summed E-state index contributed by atoms with van der Waals surface area (Å²) in [6.07, 6.45) is 1.14. The lowest BCUT2D eigenvalue weighted by Crippen LogP contribution is -2.54. The fourth-order valence-corrected chi connectivity index (χ4v) is 2.11. The smallest absolute Gasteiger partial charge is 0.0637 e. The molecule has 1 N–H and O–H groups in total. The Morgan fingerprint density at radius 1 is 1.38 bits per heavy atom. The Bertz CT molecular complexity index is 129. The molecule has 0 aromatic rings. The summed E-state index contributed by atoms with van der Waals surface area (Å²) in [6, 6.07) is 1.17. The van der Waals surface area contributed by atoms with Crippen molar-refractivity contribution in [2.24, 2.45) is 0 Å². The number of nitrogens with zero attached hydrogens (tertiary/aromatic N) is 1. The van der Waals surface area contributed by atoms with Crippen molar-refractivity contribution in [3.63, 3.8) is 0 Å². The number of nitrogens with one attached hydrogen (secondary N) is 1. The molecule has 0 aliphatic carbocycles. The van der Waals surface area contributed by atoms with E-state index in [1.165, 1.54) is 0 Å². The second kappa shape index (κ2) is 5.58. The predicted molar refractivity (Wildman–Crippen MR) is 55.0 cm³/mol. The monoisotopic (exact) mass is 186 g/mol. The van der Waals surface area contributed by atoms with Gasteiger partial charge < -0.3 is 10.1 Å². The van der Waals surface area contributed by atoms with E-state index in [9.17, 15) is 0 Å². The summed E-state index contributed by atoms with van der Waals surface area (Å²) in [5.74, 6) is 0. The van der Waals surface area contributed by atoms with Gasteiger partial charge in [0, 0.05) is 18.7 Å². The van der Waals surface area contributed by atoms with Crippen LogP contribution in [0.4, 0.5) is 0 Å². The molecular formula is C10H22N2O. The molecule has 0 aromatic heterocycles. The van der Waals surface area contributed by atoms with Crippen LogP contribution in [0.1, 0.15) is 20.3 Å². The summed E-state index contributed by atoms with van der Waals surface area (Å²) in [6.45, 7) is 8.44. The zero-order chi connectivity index (χ0) is 9.68. The van der Waals surface area contributed by atoms with Crippen molar-refractivity contribution in [1.82, 2.24) is 10.2 Å². The van der Waals surface area contributed by atoms with Gasteiger partial charge in [0.25, 0.3) is 0 Å². The molecule has 0 radical (unpaired) electrons. The molecule has 1 heterocycles. The number of likely N-dealkylation sites (N-methyl/N-ethyl adjacent to an activating group) is 2. The van der Waals surface area contributed by atoms with Gasteiger partial charge in [-0.3, -0.25) is 4.90 Å². The number of ether oxygens (including phenoxy) is 1. The highest BCUT2D eigenvalue weighted by Crippen LogP contribution is 2.13. The van der Waals surface area contributed by atoms with Gasteiger partial charge in [-0.15, -0.1) is 0 Å². The normalized spacial score (nSPS) is 29.5. The maximum Gasteiger partial charge on any atom is 0.0637 e. The maximum absolute atomic E-state index is 5.52. The molecule has 0 aromatic carbocycles. The van der Waals surface area contributed by atoms with E-state index in [-0.39, 0.29) is 0 Å². The largest absolute Gasteiger partial charge is 0.380 e. The van der Waals surface area contributed by atoms with Crippen molar-refractivity contribution in [2.45, 2.75) is 32.4 Å². The van der Waals surface area contributed by atoms with Crippen molar-refractivity contribution in [2.75, 3.05) is 33.4 Å². The molecule has 13 heavy (non-hydrogen) atoms. The van der Waals surface area contributed by atoms with Crippen LogP contribution in [0.5, 0.6) is 0 Å². The van der Waals surface area contributed by atoms with Crippen molar-refractivity contribution < 1.29 is 4.74 Å². The number of hydrogen-bond donors (Lipinski definition) is 1. The molecule has 1 fully saturated rings. The molecule has 2 atom stereocenters. The first-order valence-electron chi connectivity index (χ1n) is 5.32. The van der Waals surface area contributed by atoms with Crippen molar-refractivity contribution in [1.29, 1.82) is 0 Å². The van der Waals surface area contributed by atoms with Gasteiger partial charge in [-0.05, 0) is 26.6 Å². The van der Waals surface area contributed by atoms with Crippen molar-refractivity contribution >= 4 is 0 Å². The second-order valence-corrected chi connectivity index (χ2v) is 3.55. The highest BCUT2D eigenvalue weighted by molar-refractivity contribution is 4.85. The predicted octanol–water partition coefficient (Wildman–Crippen LogP) is 0.705. The highest BCUT2D eigenvalue weighted by atomic mass is 16.5. The quantitative estimate of drug-likeness (QED) is 0.699. The molecule has 0 spiro atoms. The molecule has 1 rings (SSSR count). The summed E-state index contributed by atoms with van der Waals surface area (Å²) in [4.78, 5) is 2.47. The highest BCUT2D eigenvalue weighted by Gasteiger charge is 2.27. The minimum absolute atomic E-state index is 0.564. The van der Waals surface area contributed by atoms with Crippen molar-refractivity contribution in [3.05, 3.63) is 0 Å². The molecule has 3 nitrogen and oxygen atoms in total. The fraction of sp³-hybridized carbons (Fsp3) is 1.00. The van der Waals surface area contributed by atoms with E-state index in [4.69, 9.17) is 4.74 Å². The molecule has 78 valence electrons. The summed E-state index contributed by atoms with van der Waals surface area (Å²) < 4.78 is 5.52. The lowest BCUT2D eigenvalue weighted by molar-refractivity contribution is 0.00215. The topological polar surface area (TPSA) is 24.5 Å². The van der Waals surface area contributed by atoms with E-state index in [2.05, 4.69) is 24.1 Å². The van der Waals surface area contributed by atoms with Crippen LogP contribution >= 0.6 is 0 Å². The van der Waals surface area contributed by atoms with Crippen LogP contribution in [0.2, 0.25) is 0 Å². The average Bonchev–Trinajstić information content (AvgIpc) is 2.20. The number of hydrogen-bond acceptors (Lipinski definition) is 3. The molecule has 0 saturated carbocycles. The zero-order valence-electron chi connectivity index (χ0n) is 9.05. The first-order valence-corrected chi connectivity index (χ1v) is 5.32. The van der Waals surface area contributed by atoms with E-state index in [1.54, 1.807) is 0 Å². The Labute approximate surface area is 81.4 Å². The van der Waals surface area contributed by atoms with Gasteiger partial charge in [-0.1, -0.05) is 13.8 Å². The fourth-order valence-electron chi connectivity index (χ4n) is 2.11. The van der Waals surface area contributed by atoms with Gasteiger partial charge in [0.1, 0.15) is 0 Å². The van der Waals surface area contributed by atoms with Crippen LogP contribution in [-0.4, -0.2) is 50.3 Å². The molecule has 2 unspecified atom stereocenters. The van der Waals surface area contributed by atoms with Gasteiger partial charge in [0.05, 0.1) is 6.61 Å². The Kier molecular flexibility index (Phi) is 4.70. The van der Waals surface area contributed by atoms with Crippen molar-refractivity contribution in [3.8, 4) is 0 Å². The lowest BCUT2D eigenvalue weighted by atomic mass is 10.0. The van der Waals surface area contributed by atoms with E-state index in [0.717, 1.165) is 32.7 Å². The summed E-state index contributed by atoms with van der Waals surface area (Å²) >= 11 is 0. The summed E-state index contributed by atoms with van der Waals surface area (Å²) in [7, 11) is 2.05. The van der Waals surface area contributed by atoms with Crippen LogP contribution in [0.25, 0.3) is 0 Å². The Balaban J connectivity index is 2.51. The average molecular weight is 186 g/mol.